The minimum absolute atomic E-state index is 0.0378. The van der Waals surface area contributed by atoms with E-state index in [1.165, 1.54) is 12.3 Å². The molecule has 0 heterocycles. The van der Waals surface area contributed by atoms with Crippen LogP contribution in [0.25, 0.3) is 0 Å². The van der Waals surface area contributed by atoms with Crippen molar-refractivity contribution in [2.45, 2.75) is 0 Å². The molecular weight excluding hydrogens is 208 g/mol. The first-order valence-corrected chi connectivity index (χ1v) is 5.14. The Hall–Kier alpha value is -1.63. The SMILES string of the molecule is CS(=O)Nc1cc(O)ccc1[N+](=O)[O-]. The molecule has 1 aromatic rings. The van der Waals surface area contributed by atoms with Gasteiger partial charge in [0.15, 0.2) is 0 Å². The van der Waals surface area contributed by atoms with E-state index in [1.54, 1.807) is 0 Å². The smallest absolute Gasteiger partial charge is 0.293 e. The Morgan fingerprint density at radius 2 is 2.21 bits per heavy atom. The fourth-order valence-electron chi connectivity index (χ4n) is 0.920. The van der Waals surface area contributed by atoms with Gasteiger partial charge in [-0.1, -0.05) is 0 Å². The van der Waals surface area contributed by atoms with E-state index in [4.69, 9.17) is 5.11 Å². The summed E-state index contributed by atoms with van der Waals surface area (Å²) in [6.45, 7) is 0. The predicted octanol–water partition coefficient (Wildman–Crippen LogP) is 1.01. The van der Waals surface area contributed by atoms with E-state index in [1.807, 2.05) is 0 Å². The molecule has 0 spiro atoms. The summed E-state index contributed by atoms with van der Waals surface area (Å²) in [5, 5.41) is 19.6. The third-order valence-electron chi connectivity index (χ3n) is 1.43. The van der Waals surface area contributed by atoms with E-state index < -0.39 is 15.9 Å². The minimum atomic E-state index is -1.42. The lowest BCUT2D eigenvalue weighted by molar-refractivity contribution is -0.383. The highest BCUT2D eigenvalue weighted by molar-refractivity contribution is 7.85. The van der Waals surface area contributed by atoms with Gasteiger partial charge in [-0.05, 0) is 6.07 Å². The number of nitro benzene ring substituents is 1. The van der Waals surface area contributed by atoms with Gasteiger partial charge in [0.1, 0.15) is 22.4 Å². The van der Waals surface area contributed by atoms with Gasteiger partial charge in [0.2, 0.25) is 0 Å². The zero-order valence-corrected chi connectivity index (χ0v) is 8.08. The minimum Gasteiger partial charge on any atom is -0.508 e. The van der Waals surface area contributed by atoms with E-state index in [2.05, 4.69) is 4.72 Å². The third kappa shape index (κ3) is 2.43. The molecule has 2 N–H and O–H groups in total. The van der Waals surface area contributed by atoms with Crippen LogP contribution in [0.4, 0.5) is 11.4 Å². The van der Waals surface area contributed by atoms with Crippen molar-refractivity contribution >= 4 is 22.4 Å². The number of hydrogen-bond acceptors (Lipinski definition) is 4. The Kier molecular flexibility index (Phi) is 3.03. The summed E-state index contributed by atoms with van der Waals surface area (Å²) in [7, 11) is -1.42. The molecule has 0 saturated carbocycles. The number of phenolic OH excluding ortho intramolecular Hbond substituents is 1. The molecule has 0 aliphatic rings. The fraction of sp³-hybridized carbons (Fsp3) is 0.143. The van der Waals surface area contributed by atoms with Crippen LogP contribution in [0.1, 0.15) is 0 Å². The lowest BCUT2D eigenvalue weighted by atomic mass is 10.2. The molecule has 1 aromatic carbocycles. The first-order valence-electron chi connectivity index (χ1n) is 3.58. The van der Waals surface area contributed by atoms with Crippen molar-refractivity contribution in [1.82, 2.24) is 0 Å². The van der Waals surface area contributed by atoms with Gasteiger partial charge < -0.3 is 5.11 Å². The molecule has 0 saturated heterocycles. The van der Waals surface area contributed by atoms with Crippen molar-refractivity contribution in [3.63, 3.8) is 0 Å². The highest BCUT2D eigenvalue weighted by Crippen LogP contribution is 2.28. The molecule has 6 nitrogen and oxygen atoms in total. The fourth-order valence-corrected chi connectivity index (χ4v) is 1.39. The number of rotatable bonds is 3. The van der Waals surface area contributed by atoms with E-state index in [-0.39, 0.29) is 17.1 Å². The molecule has 0 radical (unpaired) electrons. The highest BCUT2D eigenvalue weighted by atomic mass is 32.2. The standard InChI is InChI=1S/C7H8N2O4S/c1-14(13)8-6-4-5(10)2-3-7(6)9(11)12/h2-4,8,10H,1H3. The summed E-state index contributed by atoms with van der Waals surface area (Å²) >= 11 is 0. The second-order valence-electron chi connectivity index (χ2n) is 2.51. The molecule has 1 unspecified atom stereocenters. The summed E-state index contributed by atoms with van der Waals surface area (Å²) in [6, 6.07) is 3.49. The van der Waals surface area contributed by atoms with Crippen LogP contribution in [-0.4, -0.2) is 20.5 Å². The number of benzene rings is 1. The van der Waals surface area contributed by atoms with E-state index in [0.29, 0.717) is 0 Å². The number of nitrogens with zero attached hydrogens (tertiary/aromatic N) is 1. The Balaban J connectivity index is 3.15. The van der Waals surface area contributed by atoms with Crippen molar-refractivity contribution in [3.05, 3.63) is 28.3 Å². The number of hydrogen-bond donors (Lipinski definition) is 2. The third-order valence-corrected chi connectivity index (χ3v) is 1.94. The molecule has 0 aliphatic heterocycles. The molecule has 0 bridgehead atoms. The van der Waals surface area contributed by atoms with Crippen LogP contribution >= 0.6 is 0 Å². The van der Waals surface area contributed by atoms with Crippen molar-refractivity contribution in [2.24, 2.45) is 0 Å². The average Bonchev–Trinajstić information content (AvgIpc) is 2.01. The van der Waals surface area contributed by atoms with E-state index >= 15 is 0 Å². The molecule has 0 amide bonds. The van der Waals surface area contributed by atoms with Gasteiger partial charge in [0.05, 0.1) is 4.92 Å². The first-order chi connectivity index (χ1) is 6.50. The molecule has 0 aromatic heterocycles. The molecular formula is C7H8N2O4S. The maximum atomic E-state index is 10.8. The van der Waals surface area contributed by atoms with Crippen molar-refractivity contribution in [2.75, 3.05) is 11.0 Å². The summed E-state index contributed by atoms with van der Waals surface area (Å²) in [4.78, 5) is 9.88. The Morgan fingerprint density at radius 3 is 2.71 bits per heavy atom. The van der Waals surface area contributed by atoms with Crippen molar-refractivity contribution < 1.29 is 14.2 Å². The highest BCUT2D eigenvalue weighted by Gasteiger charge is 2.14. The van der Waals surface area contributed by atoms with Crippen molar-refractivity contribution in [3.8, 4) is 5.75 Å². The second kappa shape index (κ2) is 4.05. The molecule has 0 aliphatic carbocycles. The van der Waals surface area contributed by atoms with Crippen LogP contribution in [0.3, 0.4) is 0 Å². The first kappa shape index (κ1) is 10.5. The zero-order valence-electron chi connectivity index (χ0n) is 7.26. The zero-order chi connectivity index (χ0) is 10.7. The lowest BCUT2D eigenvalue weighted by Gasteiger charge is -2.03. The summed E-state index contributed by atoms with van der Waals surface area (Å²) < 4.78 is 13.2. The number of nitro groups is 1. The molecule has 7 heteroatoms. The van der Waals surface area contributed by atoms with Gasteiger partial charge in [-0.2, -0.15) is 0 Å². The van der Waals surface area contributed by atoms with Crippen LogP contribution < -0.4 is 4.72 Å². The number of phenols is 1. The van der Waals surface area contributed by atoms with Gasteiger partial charge in [-0.3, -0.25) is 14.8 Å². The summed E-state index contributed by atoms with van der Waals surface area (Å²) in [5.41, 5.74) is -0.186. The summed E-state index contributed by atoms with van der Waals surface area (Å²) in [5.74, 6) is -0.122. The largest absolute Gasteiger partial charge is 0.508 e. The molecule has 1 atom stereocenters. The Bertz CT molecular complexity index is 393. The second-order valence-corrected chi connectivity index (χ2v) is 3.63. The van der Waals surface area contributed by atoms with Crippen molar-refractivity contribution in [1.29, 1.82) is 0 Å². The Morgan fingerprint density at radius 1 is 1.57 bits per heavy atom. The Labute approximate surface area is 82.3 Å². The van der Waals surface area contributed by atoms with Crippen LogP contribution in [0.5, 0.6) is 5.75 Å². The van der Waals surface area contributed by atoms with Crippen LogP contribution in [0.2, 0.25) is 0 Å². The van der Waals surface area contributed by atoms with Gasteiger partial charge in [-0.15, -0.1) is 0 Å². The average molecular weight is 216 g/mol. The quantitative estimate of drug-likeness (QED) is 0.582. The lowest BCUT2D eigenvalue weighted by Crippen LogP contribution is -2.03. The van der Waals surface area contributed by atoms with Gasteiger partial charge in [0.25, 0.3) is 5.69 Å². The maximum Gasteiger partial charge on any atom is 0.293 e. The topological polar surface area (TPSA) is 92.5 Å². The van der Waals surface area contributed by atoms with Gasteiger partial charge >= 0.3 is 0 Å². The molecule has 76 valence electrons. The number of anilines is 1. The molecule has 1 rings (SSSR count). The van der Waals surface area contributed by atoms with Gasteiger partial charge in [0, 0.05) is 18.4 Å². The van der Waals surface area contributed by atoms with E-state index in [0.717, 1.165) is 12.1 Å². The number of nitrogens with one attached hydrogen (secondary N) is 1. The molecule has 0 fully saturated rings. The van der Waals surface area contributed by atoms with E-state index in [9.17, 15) is 14.3 Å². The monoisotopic (exact) mass is 216 g/mol. The molecule has 14 heavy (non-hydrogen) atoms. The summed E-state index contributed by atoms with van der Waals surface area (Å²) in [6.07, 6.45) is 1.34. The number of aromatic hydroxyl groups is 1. The maximum absolute atomic E-state index is 10.8. The van der Waals surface area contributed by atoms with Gasteiger partial charge in [-0.25, -0.2) is 4.21 Å². The van der Waals surface area contributed by atoms with Crippen LogP contribution in [0, 0.1) is 10.1 Å². The van der Waals surface area contributed by atoms with Crippen LogP contribution in [0.15, 0.2) is 18.2 Å². The van der Waals surface area contributed by atoms with Crippen LogP contribution in [-0.2, 0) is 11.0 Å². The normalized spacial score (nSPS) is 12.1. The predicted molar refractivity (Wildman–Crippen MR) is 52.5 cm³/mol.